The normalized spacial score (nSPS) is 14.4. The van der Waals surface area contributed by atoms with Crippen LogP contribution in [-0.4, -0.2) is 27.0 Å². The van der Waals surface area contributed by atoms with Crippen LogP contribution in [0.4, 0.5) is 5.69 Å². The molecule has 0 amide bonds. The Morgan fingerprint density at radius 1 is 1.31 bits per heavy atom. The second-order valence-corrected chi connectivity index (χ2v) is 8.02. The van der Waals surface area contributed by atoms with Crippen molar-refractivity contribution in [3.63, 3.8) is 0 Å². The second-order valence-electron chi connectivity index (χ2n) is 5.78. The Labute approximate surface area is 156 Å². The minimum atomic E-state index is -3.94. The quantitative estimate of drug-likeness (QED) is 0.748. The van der Waals surface area contributed by atoms with E-state index >= 15 is 0 Å². The highest BCUT2D eigenvalue weighted by molar-refractivity contribution is 7.93. The van der Waals surface area contributed by atoms with E-state index in [4.69, 9.17) is 21.6 Å². The van der Waals surface area contributed by atoms with Crippen molar-refractivity contribution in [2.75, 3.05) is 10.8 Å². The van der Waals surface area contributed by atoms with Crippen LogP contribution in [0, 0.1) is 11.3 Å². The number of nitrogens with zero attached hydrogens (tertiary/aromatic N) is 2. The van der Waals surface area contributed by atoms with Gasteiger partial charge in [-0.05, 0) is 43.2 Å². The van der Waals surface area contributed by atoms with Gasteiger partial charge in [-0.15, -0.1) is 0 Å². The number of hydrogen-bond donors (Lipinski definition) is 0. The number of rotatable bonds is 4. The number of ether oxygens (including phenoxy) is 1. The van der Waals surface area contributed by atoms with Gasteiger partial charge in [-0.3, -0.25) is 4.31 Å². The van der Waals surface area contributed by atoms with E-state index in [1.54, 1.807) is 18.2 Å². The van der Waals surface area contributed by atoms with Gasteiger partial charge in [0.05, 0.1) is 16.3 Å². The molecule has 1 heterocycles. The van der Waals surface area contributed by atoms with E-state index in [9.17, 15) is 13.2 Å². The molecule has 0 aromatic heterocycles. The van der Waals surface area contributed by atoms with Gasteiger partial charge in [0.25, 0.3) is 10.0 Å². The molecule has 0 saturated heterocycles. The van der Waals surface area contributed by atoms with Gasteiger partial charge in [0, 0.05) is 6.54 Å². The molecular weight excluding hydrogens is 376 g/mol. The first kappa shape index (κ1) is 18.2. The van der Waals surface area contributed by atoms with E-state index in [0.717, 1.165) is 5.56 Å². The Bertz CT molecular complexity index is 1010. The lowest BCUT2D eigenvalue weighted by Crippen LogP contribution is -2.29. The van der Waals surface area contributed by atoms with Crippen molar-refractivity contribution >= 4 is 33.3 Å². The summed E-state index contributed by atoms with van der Waals surface area (Å²) in [6.45, 7) is 1.73. The van der Waals surface area contributed by atoms with Crippen LogP contribution < -0.4 is 4.31 Å². The number of esters is 1. The Morgan fingerprint density at radius 3 is 2.77 bits per heavy atom. The summed E-state index contributed by atoms with van der Waals surface area (Å²) >= 11 is 6.11. The smallest absolute Gasteiger partial charge is 0.339 e. The van der Waals surface area contributed by atoms with Gasteiger partial charge in [0.15, 0.2) is 6.10 Å². The van der Waals surface area contributed by atoms with Gasteiger partial charge >= 0.3 is 5.97 Å². The first-order chi connectivity index (χ1) is 12.3. The van der Waals surface area contributed by atoms with Crippen LogP contribution >= 0.6 is 11.6 Å². The van der Waals surface area contributed by atoms with Crippen molar-refractivity contribution in [2.24, 2.45) is 0 Å². The Balaban J connectivity index is 2.00. The van der Waals surface area contributed by atoms with Crippen molar-refractivity contribution < 1.29 is 17.9 Å². The van der Waals surface area contributed by atoms with Crippen molar-refractivity contribution in [3.05, 3.63) is 58.6 Å². The number of sulfonamides is 1. The van der Waals surface area contributed by atoms with E-state index in [2.05, 4.69) is 0 Å². The Kier molecular flexibility index (Phi) is 4.90. The van der Waals surface area contributed by atoms with Crippen LogP contribution in [0.15, 0.2) is 47.4 Å². The lowest BCUT2D eigenvalue weighted by molar-refractivity contribution is 0.0435. The van der Waals surface area contributed by atoms with Crippen molar-refractivity contribution in [2.45, 2.75) is 24.3 Å². The summed E-state index contributed by atoms with van der Waals surface area (Å²) in [5, 5.41) is 8.76. The molecule has 0 spiro atoms. The van der Waals surface area contributed by atoms with Crippen molar-refractivity contribution in [1.29, 1.82) is 5.26 Å². The lowest BCUT2D eigenvalue weighted by atomic mass is 10.2. The zero-order valence-corrected chi connectivity index (χ0v) is 15.4. The maximum atomic E-state index is 13.1. The highest BCUT2D eigenvalue weighted by atomic mass is 35.5. The summed E-state index contributed by atoms with van der Waals surface area (Å²) in [6, 6.07) is 12.9. The number of anilines is 1. The van der Waals surface area contributed by atoms with Gasteiger partial charge in [0.2, 0.25) is 0 Å². The molecule has 2 aromatic rings. The topological polar surface area (TPSA) is 87.5 Å². The molecule has 6 nitrogen and oxygen atoms in total. The van der Waals surface area contributed by atoms with E-state index in [1.165, 1.54) is 29.4 Å². The summed E-state index contributed by atoms with van der Waals surface area (Å²) in [4.78, 5) is 11.9. The lowest BCUT2D eigenvalue weighted by Gasteiger charge is -2.20. The first-order valence-electron chi connectivity index (χ1n) is 7.85. The number of nitriles is 1. The van der Waals surface area contributed by atoms with E-state index < -0.39 is 22.1 Å². The predicted octanol–water partition coefficient (Wildman–Crippen LogP) is 3.16. The van der Waals surface area contributed by atoms with Gasteiger partial charge in [-0.2, -0.15) is 5.26 Å². The monoisotopic (exact) mass is 390 g/mol. The molecule has 8 heteroatoms. The summed E-state index contributed by atoms with van der Waals surface area (Å²) in [5.74, 6) is -0.783. The largest absolute Gasteiger partial charge is 0.444 e. The molecule has 1 aliphatic heterocycles. The number of fused-ring (bicyclic) bond motifs is 1. The number of benzene rings is 2. The van der Waals surface area contributed by atoms with Crippen LogP contribution in [0.1, 0.15) is 22.8 Å². The molecule has 0 N–H and O–H groups in total. The molecule has 26 heavy (non-hydrogen) atoms. The molecule has 0 fully saturated rings. The average molecular weight is 391 g/mol. The van der Waals surface area contributed by atoms with E-state index in [1.807, 2.05) is 12.1 Å². The summed E-state index contributed by atoms with van der Waals surface area (Å²) in [7, 11) is -3.94. The standard InChI is InChI=1S/C18H15ClN2O4S/c1-12(11-20)25-18(22)14-6-7-15(19)17(10-14)26(23,24)21-9-8-13-4-2-3-5-16(13)21/h2-7,10,12H,8-9H2,1H3/t12-/m1/s1. The van der Waals surface area contributed by atoms with Gasteiger partial charge in [-0.25, -0.2) is 13.2 Å². The molecule has 0 unspecified atom stereocenters. The number of carbonyl (C=O) groups excluding carboxylic acids is 1. The third-order valence-electron chi connectivity index (χ3n) is 4.05. The minimum absolute atomic E-state index is 0.0132. The fourth-order valence-corrected chi connectivity index (χ4v) is 4.77. The SMILES string of the molecule is C[C@H](C#N)OC(=O)c1ccc(Cl)c(S(=O)(=O)N2CCc3ccccc32)c1. The average Bonchev–Trinajstić information content (AvgIpc) is 3.06. The molecule has 0 bridgehead atoms. The first-order valence-corrected chi connectivity index (χ1v) is 9.67. The van der Waals surface area contributed by atoms with Gasteiger partial charge in [-0.1, -0.05) is 29.8 Å². The van der Waals surface area contributed by atoms with Gasteiger partial charge in [0.1, 0.15) is 11.0 Å². The van der Waals surface area contributed by atoms with Crippen LogP contribution in [-0.2, 0) is 21.2 Å². The van der Waals surface area contributed by atoms with Crippen LogP contribution in [0.5, 0.6) is 0 Å². The Morgan fingerprint density at radius 2 is 2.04 bits per heavy atom. The van der Waals surface area contributed by atoms with Crippen LogP contribution in [0.2, 0.25) is 5.02 Å². The third kappa shape index (κ3) is 3.26. The molecule has 134 valence electrons. The number of para-hydroxylation sites is 1. The van der Waals surface area contributed by atoms with Crippen molar-refractivity contribution in [1.82, 2.24) is 0 Å². The maximum Gasteiger partial charge on any atom is 0.339 e. The van der Waals surface area contributed by atoms with Crippen LogP contribution in [0.3, 0.4) is 0 Å². The molecular formula is C18H15ClN2O4S. The maximum absolute atomic E-state index is 13.1. The van der Waals surface area contributed by atoms with Gasteiger partial charge < -0.3 is 4.74 Å². The predicted molar refractivity (Wildman–Crippen MR) is 96.6 cm³/mol. The van der Waals surface area contributed by atoms with Crippen LogP contribution in [0.25, 0.3) is 0 Å². The highest BCUT2D eigenvalue weighted by Gasteiger charge is 2.32. The number of halogens is 1. The number of hydrogen-bond acceptors (Lipinski definition) is 5. The second kappa shape index (κ2) is 6.98. The third-order valence-corrected chi connectivity index (χ3v) is 6.34. The summed E-state index contributed by atoms with van der Waals surface area (Å²) in [6.07, 6.45) is -0.335. The summed E-state index contributed by atoms with van der Waals surface area (Å²) in [5.41, 5.74) is 1.56. The molecule has 1 atom stereocenters. The zero-order valence-electron chi connectivity index (χ0n) is 13.8. The molecule has 0 aliphatic carbocycles. The van der Waals surface area contributed by atoms with Crippen molar-refractivity contribution in [3.8, 4) is 6.07 Å². The molecule has 3 rings (SSSR count). The fraction of sp³-hybridized carbons (Fsp3) is 0.222. The summed E-state index contributed by atoms with van der Waals surface area (Å²) < 4.78 is 32.4. The minimum Gasteiger partial charge on any atom is -0.444 e. The Hall–Kier alpha value is -2.56. The zero-order chi connectivity index (χ0) is 18.9. The fourth-order valence-electron chi connectivity index (χ4n) is 2.76. The van der Waals surface area contributed by atoms with E-state index in [-0.39, 0.29) is 15.5 Å². The molecule has 0 saturated carbocycles. The molecule has 2 aromatic carbocycles. The highest BCUT2D eigenvalue weighted by Crippen LogP contribution is 2.35. The van der Waals surface area contributed by atoms with E-state index in [0.29, 0.717) is 18.7 Å². The molecule has 1 aliphatic rings. The number of carbonyl (C=O) groups is 1. The molecule has 0 radical (unpaired) electrons.